The summed E-state index contributed by atoms with van der Waals surface area (Å²) < 4.78 is 46.8. The summed E-state index contributed by atoms with van der Waals surface area (Å²) in [7, 11) is -4.30. The highest BCUT2D eigenvalue weighted by molar-refractivity contribution is 9.10. The van der Waals surface area contributed by atoms with E-state index in [0.29, 0.717) is 0 Å². The monoisotopic (exact) mass is 301 g/mol. The van der Waals surface area contributed by atoms with Crippen LogP contribution in [0.1, 0.15) is 12.1 Å². The Balaban J connectivity index is 3.65. The topological polar surface area (TPSA) is 99.1 Å². The van der Waals surface area contributed by atoms with E-state index in [1.54, 1.807) is 0 Å². The molecule has 0 atom stereocenters. The molecule has 0 unspecified atom stereocenters. The van der Waals surface area contributed by atoms with E-state index in [1.807, 2.05) is 0 Å². The van der Waals surface area contributed by atoms with Gasteiger partial charge in [0.2, 0.25) is 10.0 Å². The lowest BCUT2D eigenvalue weighted by atomic mass is 10.3. The summed E-state index contributed by atoms with van der Waals surface area (Å²) in [4.78, 5) is 2.46. The molecule has 0 aliphatic heterocycles. The third-order valence-corrected chi connectivity index (χ3v) is 3.62. The van der Waals surface area contributed by atoms with Gasteiger partial charge in [-0.05, 0) is 15.9 Å². The molecule has 4 N–H and O–H groups in total. The standard InChI is InChI=1S/C6H6BrF2N3O2S/c7-3-2(10)1-12-4(6(8)9)5(3)15(11,13)14/h1,6H,10H2,(H2,11,13,14). The van der Waals surface area contributed by atoms with E-state index in [0.717, 1.165) is 6.20 Å². The number of aromatic nitrogens is 1. The molecular weight excluding hydrogens is 296 g/mol. The number of nitrogen functional groups attached to an aromatic ring is 1. The number of alkyl halides is 2. The third-order valence-electron chi connectivity index (χ3n) is 1.52. The molecule has 0 radical (unpaired) electrons. The smallest absolute Gasteiger partial charge is 0.281 e. The summed E-state index contributed by atoms with van der Waals surface area (Å²) in [6.45, 7) is 0. The molecule has 1 heterocycles. The Kier molecular flexibility index (Phi) is 3.26. The maximum absolute atomic E-state index is 12.4. The van der Waals surface area contributed by atoms with Crippen LogP contribution in [0.15, 0.2) is 15.6 Å². The van der Waals surface area contributed by atoms with Gasteiger partial charge in [-0.15, -0.1) is 0 Å². The van der Waals surface area contributed by atoms with Crippen LogP contribution in [0.3, 0.4) is 0 Å². The van der Waals surface area contributed by atoms with E-state index < -0.39 is 27.0 Å². The fourth-order valence-corrected chi connectivity index (χ4v) is 2.71. The van der Waals surface area contributed by atoms with Crippen molar-refractivity contribution in [1.82, 2.24) is 4.98 Å². The number of sulfonamides is 1. The predicted molar refractivity (Wildman–Crippen MR) is 52.7 cm³/mol. The number of hydrogen-bond donors (Lipinski definition) is 2. The van der Waals surface area contributed by atoms with Crippen molar-refractivity contribution < 1.29 is 17.2 Å². The number of anilines is 1. The second-order valence-corrected chi connectivity index (χ2v) is 4.88. The van der Waals surface area contributed by atoms with Crippen molar-refractivity contribution in [3.05, 3.63) is 16.4 Å². The van der Waals surface area contributed by atoms with Crippen molar-refractivity contribution in [3.8, 4) is 0 Å². The molecule has 1 aromatic heterocycles. The van der Waals surface area contributed by atoms with E-state index in [9.17, 15) is 17.2 Å². The van der Waals surface area contributed by atoms with Crippen molar-refractivity contribution in [2.24, 2.45) is 5.14 Å². The van der Waals surface area contributed by atoms with Crippen LogP contribution in [0.25, 0.3) is 0 Å². The fourth-order valence-electron chi connectivity index (χ4n) is 0.924. The van der Waals surface area contributed by atoms with Crippen LogP contribution < -0.4 is 10.9 Å². The van der Waals surface area contributed by atoms with E-state index in [1.165, 1.54) is 0 Å². The minimum atomic E-state index is -4.30. The molecule has 0 saturated heterocycles. The second kappa shape index (κ2) is 3.99. The first-order valence-electron chi connectivity index (χ1n) is 3.50. The summed E-state index contributed by atoms with van der Waals surface area (Å²) >= 11 is 2.78. The SMILES string of the molecule is Nc1cnc(C(F)F)c(S(N)(=O)=O)c1Br. The van der Waals surface area contributed by atoms with E-state index in [-0.39, 0.29) is 10.2 Å². The number of primary sulfonamides is 1. The van der Waals surface area contributed by atoms with Gasteiger partial charge < -0.3 is 5.73 Å². The molecule has 0 aliphatic rings. The van der Waals surface area contributed by atoms with Crippen molar-refractivity contribution >= 4 is 31.6 Å². The molecule has 0 fully saturated rings. The molecule has 0 aliphatic carbocycles. The Morgan fingerprint density at radius 3 is 2.40 bits per heavy atom. The van der Waals surface area contributed by atoms with Gasteiger partial charge in [0.15, 0.2) is 0 Å². The maximum atomic E-state index is 12.4. The van der Waals surface area contributed by atoms with Crippen LogP contribution in [-0.4, -0.2) is 13.4 Å². The summed E-state index contributed by atoms with van der Waals surface area (Å²) in [5, 5.41) is 4.78. The minimum absolute atomic E-state index is 0.0802. The zero-order valence-corrected chi connectivity index (χ0v) is 9.52. The predicted octanol–water partition coefficient (Wildman–Crippen LogP) is 1.01. The molecule has 0 aromatic carbocycles. The lowest BCUT2D eigenvalue weighted by Crippen LogP contribution is -2.17. The number of rotatable bonds is 2. The van der Waals surface area contributed by atoms with Crippen LogP contribution in [0.2, 0.25) is 0 Å². The molecule has 15 heavy (non-hydrogen) atoms. The van der Waals surface area contributed by atoms with Crippen LogP contribution in [0.4, 0.5) is 14.5 Å². The number of halogens is 3. The highest BCUT2D eigenvalue weighted by Crippen LogP contribution is 2.33. The van der Waals surface area contributed by atoms with Crippen LogP contribution in [0.5, 0.6) is 0 Å². The Morgan fingerprint density at radius 1 is 1.47 bits per heavy atom. The van der Waals surface area contributed by atoms with Crippen LogP contribution in [-0.2, 0) is 10.0 Å². The summed E-state index contributed by atoms with van der Waals surface area (Å²) in [5.74, 6) is 0. The number of hydrogen-bond acceptors (Lipinski definition) is 4. The molecule has 1 rings (SSSR count). The van der Waals surface area contributed by atoms with Crippen molar-refractivity contribution in [1.29, 1.82) is 0 Å². The quantitative estimate of drug-likeness (QED) is 0.851. The van der Waals surface area contributed by atoms with Crippen LogP contribution in [0, 0.1) is 0 Å². The van der Waals surface area contributed by atoms with Gasteiger partial charge >= 0.3 is 0 Å². The van der Waals surface area contributed by atoms with Crippen molar-refractivity contribution in [3.63, 3.8) is 0 Å². The third kappa shape index (κ3) is 2.41. The minimum Gasteiger partial charge on any atom is -0.397 e. The highest BCUT2D eigenvalue weighted by atomic mass is 79.9. The van der Waals surface area contributed by atoms with E-state index >= 15 is 0 Å². The molecule has 0 saturated carbocycles. The normalized spacial score (nSPS) is 12.1. The largest absolute Gasteiger partial charge is 0.397 e. The van der Waals surface area contributed by atoms with Gasteiger partial charge in [0, 0.05) is 0 Å². The first-order valence-corrected chi connectivity index (χ1v) is 5.84. The van der Waals surface area contributed by atoms with Crippen LogP contribution >= 0.6 is 15.9 Å². The maximum Gasteiger partial charge on any atom is 0.281 e. The summed E-state index contributed by atoms with van der Waals surface area (Å²) in [6.07, 6.45) is -2.12. The summed E-state index contributed by atoms with van der Waals surface area (Å²) in [5.41, 5.74) is 4.31. The average molecular weight is 302 g/mol. The number of nitrogens with two attached hydrogens (primary N) is 2. The fraction of sp³-hybridized carbons (Fsp3) is 0.167. The van der Waals surface area contributed by atoms with Gasteiger partial charge in [-0.2, -0.15) is 0 Å². The molecule has 0 spiro atoms. The molecule has 0 bridgehead atoms. The molecular formula is C6H6BrF2N3O2S. The van der Waals surface area contributed by atoms with E-state index in [4.69, 9.17) is 10.9 Å². The number of nitrogens with zero attached hydrogens (tertiary/aromatic N) is 1. The highest BCUT2D eigenvalue weighted by Gasteiger charge is 2.26. The van der Waals surface area contributed by atoms with E-state index in [2.05, 4.69) is 20.9 Å². The molecule has 9 heteroatoms. The summed E-state index contributed by atoms with van der Waals surface area (Å²) in [6, 6.07) is 0. The van der Waals surface area contributed by atoms with Gasteiger partial charge in [-0.25, -0.2) is 22.3 Å². The Bertz CT molecular complexity index is 491. The van der Waals surface area contributed by atoms with Gasteiger partial charge in [0.1, 0.15) is 10.6 Å². The molecule has 0 amide bonds. The molecule has 84 valence electrons. The van der Waals surface area contributed by atoms with Gasteiger partial charge in [0.05, 0.1) is 16.4 Å². The van der Waals surface area contributed by atoms with Gasteiger partial charge in [0.25, 0.3) is 6.43 Å². The van der Waals surface area contributed by atoms with Crippen molar-refractivity contribution in [2.45, 2.75) is 11.3 Å². The van der Waals surface area contributed by atoms with Crippen molar-refractivity contribution in [2.75, 3.05) is 5.73 Å². The Hall–Kier alpha value is -0.800. The Morgan fingerprint density at radius 2 is 2.00 bits per heavy atom. The number of pyridine rings is 1. The Labute approximate surface area is 92.7 Å². The lowest BCUT2D eigenvalue weighted by molar-refractivity contribution is 0.142. The first-order chi connectivity index (χ1) is 6.75. The zero-order chi connectivity index (χ0) is 11.8. The second-order valence-electron chi connectivity index (χ2n) is 2.59. The molecule has 5 nitrogen and oxygen atoms in total. The lowest BCUT2D eigenvalue weighted by Gasteiger charge is -2.09. The zero-order valence-electron chi connectivity index (χ0n) is 7.12. The van der Waals surface area contributed by atoms with Gasteiger partial charge in [-0.1, -0.05) is 0 Å². The van der Waals surface area contributed by atoms with Gasteiger partial charge in [-0.3, -0.25) is 4.98 Å². The molecule has 1 aromatic rings. The average Bonchev–Trinajstić information content (AvgIpc) is 2.06. The first kappa shape index (κ1) is 12.3.